The van der Waals surface area contributed by atoms with Gasteiger partial charge in [-0.05, 0) is 25.5 Å². The van der Waals surface area contributed by atoms with Crippen molar-refractivity contribution < 1.29 is 0 Å². The highest BCUT2D eigenvalue weighted by atomic mass is 32.2. The SMILES string of the molecule is CCCn1c(N)c(NCC2(SC)CCC2)c(=O)[nH]c1=O. The van der Waals surface area contributed by atoms with Gasteiger partial charge in [0, 0.05) is 17.8 Å². The maximum Gasteiger partial charge on any atom is 0.330 e. The van der Waals surface area contributed by atoms with Gasteiger partial charge in [-0.1, -0.05) is 13.3 Å². The maximum absolute atomic E-state index is 11.9. The summed E-state index contributed by atoms with van der Waals surface area (Å²) in [6.45, 7) is 3.16. The van der Waals surface area contributed by atoms with Crippen LogP contribution >= 0.6 is 11.8 Å². The molecule has 2 rings (SSSR count). The summed E-state index contributed by atoms with van der Waals surface area (Å²) in [6.07, 6.45) is 6.39. The molecule has 0 spiro atoms. The highest BCUT2D eigenvalue weighted by molar-refractivity contribution is 8.00. The Labute approximate surface area is 122 Å². The first-order valence-corrected chi connectivity index (χ1v) is 8.17. The summed E-state index contributed by atoms with van der Waals surface area (Å²) in [7, 11) is 0. The van der Waals surface area contributed by atoms with Gasteiger partial charge in [0.25, 0.3) is 5.56 Å². The first-order chi connectivity index (χ1) is 9.53. The Morgan fingerprint density at radius 3 is 2.65 bits per heavy atom. The second-order valence-electron chi connectivity index (χ2n) is 5.27. The number of H-pyrrole nitrogens is 1. The zero-order valence-corrected chi connectivity index (χ0v) is 12.8. The van der Waals surface area contributed by atoms with E-state index >= 15 is 0 Å². The number of anilines is 2. The zero-order chi connectivity index (χ0) is 14.8. The van der Waals surface area contributed by atoms with Crippen LogP contribution in [-0.2, 0) is 6.54 Å². The Balaban J connectivity index is 2.25. The molecule has 20 heavy (non-hydrogen) atoms. The maximum atomic E-state index is 11.9. The number of nitrogen functional groups attached to an aromatic ring is 1. The minimum absolute atomic E-state index is 0.199. The lowest BCUT2D eigenvalue weighted by molar-refractivity contribution is 0.380. The molecule has 1 aliphatic rings. The molecular formula is C13H22N4O2S. The number of rotatable bonds is 6. The summed E-state index contributed by atoms with van der Waals surface area (Å²) >= 11 is 1.82. The number of thioether (sulfide) groups is 1. The zero-order valence-electron chi connectivity index (χ0n) is 12.0. The number of aromatic amines is 1. The van der Waals surface area contributed by atoms with E-state index in [0.717, 1.165) is 19.3 Å². The lowest BCUT2D eigenvalue weighted by Crippen LogP contribution is -2.42. The Kier molecular flexibility index (Phi) is 4.47. The van der Waals surface area contributed by atoms with Crippen LogP contribution in [0.1, 0.15) is 32.6 Å². The molecule has 0 unspecified atom stereocenters. The van der Waals surface area contributed by atoms with Gasteiger partial charge in [-0.15, -0.1) is 0 Å². The summed E-state index contributed by atoms with van der Waals surface area (Å²) in [5, 5.41) is 3.15. The quantitative estimate of drug-likeness (QED) is 0.734. The van der Waals surface area contributed by atoms with E-state index in [9.17, 15) is 9.59 Å². The van der Waals surface area contributed by atoms with Crippen molar-refractivity contribution in [2.75, 3.05) is 23.9 Å². The van der Waals surface area contributed by atoms with Crippen LogP contribution in [0, 0.1) is 0 Å². The van der Waals surface area contributed by atoms with Gasteiger partial charge in [-0.25, -0.2) is 4.79 Å². The van der Waals surface area contributed by atoms with E-state index in [1.807, 2.05) is 18.7 Å². The molecule has 1 aromatic heterocycles. The summed E-state index contributed by atoms with van der Waals surface area (Å²) in [5.74, 6) is 0.233. The van der Waals surface area contributed by atoms with E-state index in [-0.39, 0.29) is 10.6 Å². The van der Waals surface area contributed by atoms with E-state index < -0.39 is 11.2 Å². The molecule has 0 atom stereocenters. The van der Waals surface area contributed by atoms with Crippen LogP contribution in [0.3, 0.4) is 0 Å². The molecule has 7 heteroatoms. The van der Waals surface area contributed by atoms with Gasteiger partial charge >= 0.3 is 5.69 Å². The van der Waals surface area contributed by atoms with E-state index in [2.05, 4.69) is 16.6 Å². The van der Waals surface area contributed by atoms with Gasteiger partial charge in [-0.2, -0.15) is 11.8 Å². The molecule has 4 N–H and O–H groups in total. The number of hydrogen-bond donors (Lipinski definition) is 3. The summed E-state index contributed by atoms with van der Waals surface area (Å²) in [5.41, 5.74) is 5.42. The predicted octanol–water partition coefficient (Wildman–Crippen LogP) is 1.23. The number of hydrogen-bond acceptors (Lipinski definition) is 5. The molecule has 112 valence electrons. The van der Waals surface area contributed by atoms with Crippen molar-refractivity contribution in [3.8, 4) is 0 Å². The van der Waals surface area contributed by atoms with Crippen molar-refractivity contribution >= 4 is 23.3 Å². The Bertz CT molecular complexity index is 584. The monoisotopic (exact) mass is 298 g/mol. The summed E-state index contributed by atoms with van der Waals surface area (Å²) in [6, 6.07) is 0. The molecule has 1 saturated carbocycles. The van der Waals surface area contributed by atoms with Gasteiger partial charge in [-0.3, -0.25) is 14.3 Å². The molecule has 1 heterocycles. The van der Waals surface area contributed by atoms with Gasteiger partial charge in [0.15, 0.2) is 0 Å². The van der Waals surface area contributed by atoms with Crippen LogP contribution in [0.15, 0.2) is 9.59 Å². The Morgan fingerprint density at radius 2 is 2.15 bits per heavy atom. The molecule has 0 radical (unpaired) electrons. The molecule has 0 amide bonds. The third kappa shape index (κ3) is 2.72. The number of nitrogens with zero attached hydrogens (tertiary/aromatic N) is 1. The smallest absolute Gasteiger partial charge is 0.330 e. The lowest BCUT2D eigenvalue weighted by Gasteiger charge is -2.40. The van der Waals surface area contributed by atoms with Gasteiger partial charge in [0.1, 0.15) is 11.5 Å². The Hall–Kier alpha value is -1.37. The van der Waals surface area contributed by atoms with Crippen molar-refractivity contribution in [2.24, 2.45) is 0 Å². The average molecular weight is 298 g/mol. The molecule has 1 fully saturated rings. The predicted molar refractivity (Wildman–Crippen MR) is 84.6 cm³/mol. The summed E-state index contributed by atoms with van der Waals surface area (Å²) < 4.78 is 1.61. The fraction of sp³-hybridized carbons (Fsp3) is 0.692. The molecule has 6 nitrogen and oxygen atoms in total. The lowest BCUT2D eigenvalue weighted by atomic mass is 9.84. The van der Waals surface area contributed by atoms with Gasteiger partial charge in [0.05, 0.1) is 0 Å². The number of nitrogens with one attached hydrogen (secondary N) is 2. The first kappa shape index (κ1) is 15.0. The highest BCUT2D eigenvalue weighted by Gasteiger charge is 2.36. The van der Waals surface area contributed by atoms with Crippen molar-refractivity contribution in [2.45, 2.75) is 43.9 Å². The molecule has 0 aliphatic heterocycles. The van der Waals surface area contributed by atoms with Crippen molar-refractivity contribution in [1.29, 1.82) is 0 Å². The number of aromatic nitrogens is 2. The highest BCUT2D eigenvalue weighted by Crippen LogP contribution is 2.42. The van der Waals surface area contributed by atoms with Crippen LogP contribution in [-0.4, -0.2) is 27.1 Å². The molecule has 0 aromatic carbocycles. The third-order valence-corrected chi connectivity index (χ3v) is 5.39. The first-order valence-electron chi connectivity index (χ1n) is 6.94. The van der Waals surface area contributed by atoms with Crippen molar-refractivity contribution in [3.63, 3.8) is 0 Å². The van der Waals surface area contributed by atoms with E-state index in [0.29, 0.717) is 18.8 Å². The molecule has 0 saturated heterocycles. The van der Waals surface area contributed by atoms with Gasteiger partial charge in [0.2, 0.25) is 0 Å². The normalized spacial score (nSPS) is 16.7. The van der Waals surface area contributed by atoms with Gasteiger partial charge < -0.3 is 11.1 Å². The van der Waals surface area contributed by atoms with E-state index in [1.165, 1.54) is 11.0 Å². The minimum atomic E-state index is -0.442. The van der Waals surface area contributed by atoms with Crippen LogP contribution in [0.4, 0.5) is 11.5 Å². The molecule has 1 aromatic rings. The molecule has 0 bridgehead atoms. The third-order valence-electron chi connectivity index (χ3n) is 3.97. The van der Waals surface area contributed by atoms with Crippen LogP contribution < -0.4 is 22.3 Å². The molecular weight excluding hydrogens is 276 g/mol. The van der Waals surface area contributed by atoms with Crippen molar-refractivity contribution in [3.05, 3.63) is 20.8 Å². The second kappa shape index (κ2) is 5.95. The second-order valence-corrected chi connectivity index (χ2v) is 6.54. The van der Waals surface area contributed by atoms with Crippen LogP contribution in [0.5, 0.6) is 0 Å². The largest absolute Gasteiger partial charge is 0.383 e. The van der Waals surface area contributed by atoms with Crippen molar-refractivity contribution in [1.82, 2.24) is 9.55 Å². The van der Waals surface area contributed by atoms with Crippen LogP contribution in [0.2, 0.25) is 0 Å². The Morgan fingerprint density at radius 1 is 1.45 bits per heavy atom. The number of nitrogens with two attached hydrogens (primary N) is 1. The van der Waals surface area contributed by atoms with E-state index in [4.69, 9.17) is 5.73 Å². The fourth-order valence-corrected chi connectivity index (χ4v) is 3.39. The minimum Gasteiger partial charge on any atom is -0.383 e. The average Bonchev–Trinajstić information content (AvgIpc) is 2.37. The summed E-state index contributed by atoms with van der Waals surface area (Å²) in [4.78, 5) is 26.0. The molecule has 1 aliphatic carbocycles. The fourth-order valence-electron chi connectivity index (χ4n) is 2.48. The van der Waals surface area contributed by atoms with Crippen LogP contribution in [0.25, 0.3) is 0 Å². The van der Waals surface area contributed by atoms with E-state index in [1.54, 1.807) is 0 Å². The standard InChI is InChI=1S/C13H22N4O2S/c1-3-7-17-10(14)9(11(18)16-12(17)19)15-8-13(20-2)5-4-6-13/h15H,3-8,14H2,1-2H3,(H,16,18,19). The topological polar surface area (TPSA) is 92.9 Å².